The van der Waals surface area contributed by atoms with E-state index in [2.05, 4.69) is 15.4 Å². The van der Waals surface area contributed by atoms with Crippen molar-refractivity contribution in [3.63, 3.8) is 0 Å². The molecule has 1 N–H and O–H groups in total. The van der Waals surface area contributed by atoms with Gasteiger partial charge in [0.25, 0.3) is 5.91 Å². The van der Waals surface area contributed by atoms with Gasteiger partial charge < -0.3 is 5.32 Å². The Morgan fingerprint density at radius 3 is 2.80 bits per heavy atom. The summed E-state index contributed by atoms with van der Waals surface area (Å²) in [4.78, 5) is 17.4. The zero-order valence-corrected chi connectivity index (χ0v) is 13.2. The molecule has 108 valence electrons. The average molecular weight is 292 g/mol. The van der Waals surface area contributed by atoms with Gasteiger partial charge in [0, 0.05) is 6.54 Å². The summed E-state index contributed by atoms with van der Waals surface area (Å²) in [5.41, 5.74) is 2.88. The van der Waals surface area contributed by atoms with Crippen LogP contribution in [0.5, 0.6) is 0 Å². The van der Waals surface area contributed by atoms with E-state index in [0.717, 1.165) is 39.9 Å². The van der Waals surface area contributed by atoms with Crippen molar-refractivity contribution >= 4 is 17.2 Å². The molecule has 5 nitrogen and oxygen atoms in total. The van der Waals surface area contributed by atoms with Crippen LogP contribution in [0.25, 0.3) is 0 Å². The summed E-state index contributed by atoms with van der Waals surface area (Å²) in [5, 5.41) is 8.27. The number of aromatic nitrogens is 3. The van der Waals surface area contributed by atoms with E-state index in [1.54, 1.807) is 0 Å². The summed E-state index contributed by atoms with van der Waals surface area (Å²) in [5.74, 6) is -0.0473. The highest BCUT2D eigenvalue weighted by molar-refractivity contribution is 7.13. The standard InChI is InChI=1S/C14H20N4OS/c1-5-12-13(20-10(4)16-12)14(19)15-8-11-7-9(3)17-18(11)6-2/h7H,5-6,8H2,1-4H3,(H,15,19). The van der Waals surface area contributed by atoms with Crippen LogP contribution in [0.4, 0.5) is 0 Å². The molecule has 20 heavy (non-hydrogen) atoms. The summed E-state index contributed by atoms with van der Waals surface area (Å²) < 4.78 is 1.91. The van der Waals surface area contributed by atoms with Crippen LogP contribution >= 0.6 is 11.3 Å². The molecule has 0 aliphatic carbocycles. The van der Waals surface area contributed by atoms with E-state index in [1.807, 2.05) is 38.4 Å². The maximum absolute atomic E-state index is 12.2. The second-order valence-corrected chi connectivity index (χ2v) is 5.84. The Morgan fingerprint density at radius 2 is 2.15 bits per heavy atom. The van der Waals surface area contributed by atoms with Crippen molar-refractivity contribution in [2.45, 2.75) is 47.2 Å². The summed E-state index contributed by atoms with van der Waals surface area (Å²) >= 11 is 1.45. The summed E-state index contributed by atoms with van der Waals surface area (Å²) in [6.45, 7) is 9.24. The third-order valence-corrected chi connectivity index (χ3v) is 4.07. The van der Waals surface area contributed by atoms with Crippen LogP contribution in [-0.4, -0.2) is 20.7 Å². The minimum atomic E-state index is -0.0473. The topological polar surface area (TPSA) is 59.8 Å². The normalized spacial score (nSPS) is 10.8. The quantitative estimate of drug-likeness (QED) is 0.921. The highest BCUT2D eigenvalue weighted by Gasteiger charge is 2.15. The van der Waals surface area contributed by atoms with Gasteiger partial charge in [-0.15, -0.1) is 11.3 Å². The number of thiazole rings is 1. The van der Waals surface area contributed by atoms with Gasteiger partial charge in [0.15, 0.2) is 0 Å². The highest BCUT2D eigenvalue weighted by Crippen LogP contribution is 2.18. The molecule has 0 bridgehead atoms. The van der Waals surface area contributed by atoms with Gasteiger partial charge >= 0.3 is 0 Å². The molecule has 0 aromatic carbocycles. The van der Waals surface area contributed by atoms with Gasteiger partial charge in [0.05, 0.1) is 28.6 Å². The van der Waals surface area contributed by atoms with Crippen LogP contribution in [0, 0.1) is 13.8 Å². The first-order chi connectivity index (χ1) is 9.55. The Hall–Kier alpha value is -1.69. The molecule has 2 heterocycles. The van der Waals surface area contributed by atoms with Crippen LogP contribution in [0.1, 0.15) is 45.6 Å². The summed E-state index contributed by atoms with van der Waals surface area (Å²) in [7, 11) is 0. The predicted molar refractivity (Wildman–Crippen MR) is 80.0 cm³/mol. The average Bonchev–Trinajstić information content (AvgIpc) is 2.98. The van der Waals surface area contributed by atoms with Gasteiger partial charge in [0.1, 0.15) is 4.88 Å². The number of rotatable bonds is 5. The molecular weight excluding hydrogens is 272 g/mol. The van der Waals surface area contributed by atoms with E-state index >= 15 is 0 Å². The van der Waals surface area contributed by atoms with Crippen molar-refractivity contribution in [3.05, 3.63) is 33.0 Å². The van der Waals surface area contributed by atoms with Gasteiger partial charge in [-0.25, -0.2) is 4.98 Å². The van der Waals surface area contributed by atoms with E-state index in [1.165, 1.54) is 11.3 Å². The first-order valence-corrected chi connectivity index (χ1v) is 7.64. The van der Waals surface area contributed by atoms with Crippen LogP contribution in [0.2, 0.25) is 0 Å². The summed E-state index contributed by atoms with van der Waals surface area (Å²) in [6, 6.07) is 2.00. The maximum Gasteiger partial charge on any atom is 0.263 e. The third kappa shape index (κ3) is 3.07. The van der Waals surface area contributed by atoms with Crippen LogP contribution in [0.15, 0.2) is 6.07 Å². The number of carbonyl (C=O) groups excluding carboxylic acids is 1. The number of amides is 1. The number of hydrogen-bond donors (Lipinski definition) is 1. The lowest BCUT2D eigenvalue weighted by atomic mass is 10.3. The second kappa shape index (κ2) is 6.17. The molecule has 0 saturated carbocycles. The van der Waals surface area contributed by atoms with Gasteiger partial charge in [0.2, 0.25) is 0 Å². The van der Waals surface area contributed by atoms with E-state index in [0.29, 0.717) is 6.54 Å². The van der Waals surface area contributed by atoms with Crippen molar-refractivity contribution < 1.29 is 4.79 Å². The first kappa shape index (κ1) is 14.7. The molecular formula is C14H20N4OS. The molecule has 0 saturated heterocycles. The molecule has 2 rings (SSSR count). The maximum atomic E-state index is 12.2. The Kier molecular flexibility index (Phi) is 4.54. The fourth-order valence-corrected chi connectivity index (χ4v) is 3.08. The van der Waals surface area contributed by atoms with Crippen molar-refractivity contribution in [1.82, 2.24) is 20.1 Å². The number of hydrogen-bond acceptors (Lipinski definition) is 4. The highest BCUT2D eigenvalue weighted by atomic mass is 32.1. The Bertz CT molecular complexity index is 615. The van der Waals surface area contributed by atoms with Crippen molar-refractivity contribution in [2.75, 3.05) is 0 Å². The SMILES string of the molecule is CCc1nc(C)sc1C(=O)NCc1cc(C)nn1CC. The fraction of sp³-hybridized carbons (Fsp3) is 0.500. The number of nitrogens with zero attached hydrogens (tertiary/aromatic N) is 3. The lowest BCUT2D eigenvalue weighted by Gasteiger charge is -2.06. The first-order valence-electron chi connectivity index (χ1n) is 6.83. The van der Waals surface area contributed by atoms with E-state index in [9.17, 15) is 4.79 Å². The Balaban J connectivity index is 2.08. The molecule has 0 aliphatic heterocycles. The Morgan fingerprint density at radius 1 is 1.40 bits per heavy atom. The molecule has 0 spiro atoms. The van der Waals surface area contributed by atoms with Crippen molar-refractivity contribution in [1.29, 1.82) is 0 Å². The van der Waals surface area contributed by atoms with Gasteiger partial charge in [-0.1, -0.05) is 6.92 Å². The number of nitrogens with one attached hydrogen (secondary N) is 1. The van der Waals surface area contributed by atoms with E-state index in [4.69, 9.17) is 0 Å². The van der Waals surface area contributed by atoms with Gasteiger partial charge in [-0.3, -0.25) is 9.48 Å². The zero-order chi connectivity index (χ0) is 14.7. The summed E-state index contributed by atoms with van der Waals surface area (Å²) in [6.07, 6.45) is 0.777. The van der Waals surface area contributed by atoms with Crippen molar-refractivity contribution in [2.24, 2.45) is 0 Å². The fourth-order valence-electron chi connectivity index (χ4n) is 2.15. The minimum absolute atomic E-state index is 0.0473. The lowest BCUT2D eigenvalue weighted by molar-refractivity contribution is 0.0953. The molecule has 0 radical (unpaired) electrons. The molecule has 2 aromatic rings. The molecule has 0 unspecified atom stereocenters. The van der Waals surface area contributed by atoms with Gasteiger partial charge in [-0.2, -0.15) is 5.10 Å². The van der Waals surface area contributed by atoms with E-state index in [-0.39, 0.29) is 5.91 Å². The zero-order valence-electron chi connectivity index (χ0n) is 12.4. The van der Waals surface area contributed by atoms with E-state index < -0.39 is 0 Å². The number of aryl methyl sites for hydroxylation is 4. The Labute approximate surface area is 123 Å². The molecule has 0 fully saturated rings. The van der Waals surface area contributed by atoms with Crippen LogP contribution in [0.3, 0.4) is 0 Å². The largest absolute Gasteiger partial charge is 0.346 e. The lowest BCUT2D eigenvalue weighted by Crippen LogP contribution is -2.24. The molecule has 0 atom stereocenters. The van der Waals surface area contributed by atoms with Crippen LogP contribution < -0.4 is 5.32 Å². The predicted octanol–water partition coefficient (Wildman–Crippen LogP) is 2.47. The minimum Gasteiger partial charge on any atom is -0.346 e. The smallest absolute Gasteiger partial charge is 0.263 e. The van der Waals surface area contributed by atoms with Crippen LogP contribution in [-0.2, 0) is 19.5 Å². The molecule has 1 amide bonds. The molecule has 0 aliphatic rings. The van der Waals surface area contributed by atoms with Gasteiger partial charge in [-0.05, 0) is 33.3 Å². The third-order valence-electron chi connectivity index (χ3n) is 3.06. The number of carbonyl (C=O) groups is 1. The molecule has 6 heteroatoms. The monoisotopic (exact) mass is 292 g/mol. The molecule has 2 aromatic heterocycles. The second-order valence-electron chi connectivity index (χ2n) is 4.64. The van der Waals surface area contributed by atoms with Crippen molar-refractivity contribution in [3.8, 4) is 0 Å².